The molecule has 1 aromatic carbocycles. The third-order valence-electron chi connectivity index (χ3n) is 4.68. The maximum absolute atomic E-state index is 12.2. The first-order chi connectivity index (χ1) is 14.3. The lowest BCUT2D eigenvalue weighted by Gasteiger charge is -2.36. The number of benzene rings is 1. The van der Waals surface area contributed by atoms with Crippen molar-refractivity contribution in [2.45, 2.75) is 26.4 Å². The zero-order chi connectivity index (χ0) is 21.3. The van der Waals surface area contributed by atoms with Crippen molar-refractivity contribution in [3.05, 3.63) is 35.9 Å². The first kappa shape index (κ1) is 20.2. The van der Waals surface area contributed by atoms with Gasteiger partial charge in [0.2, 0.25) is 5.28 Å². The fourth-order valence-corrected chi connectivity index (χ4v) is 3.43. The SMILES string of the molecule is CC(C)(C)OC(=O)N1CCN(c2ccc(Nc3nc(Cl)nc4nc[nH]c34)cc2)CC1. The smallest absolute Gasteiger partial charge is 0.410 e. The van der Waals surface area contributed by atoms with Crippen LogP contribution in [0.1, 0.15) is 20.8 Å². The summed E-state index contributed by atoms with van der Waals surface area (Å²) >= 11 is 5.98. The van der Waals surface area contributed by atoms with E-state index in [1.54, 1.807) is 11.2 Å². The van der Waals surface area contributed by atoms with Crippen LogP contribution in [0.2, 0.25) is 5.28 Å². The van der Waals surface area contributed by atoms with Crippen LogP contribution in [-0.2, 0) is 4.74 Å². The lowest BCUT2D eigenvalue weighted by Crippen LogP contribution is -2.50. The maximum Gasteiger partial charge on any atom is 0.410 e. The summed E-state index contributed by atoms with van der Waals surface area (Å²) in [5.41, 5.74) is 2.69. The van der Waals surface area contributed by atoms with Gasteiger partial charge in [-0.25, -0.2) is 9.78 Å². The maximum atomic E-state index is 12.2. The number of H-pyrrole nitrogens is 1. The summed E-state index contributed by atoms with van der Waals surface area (Å²) in [7, 11) is 0. The highest BCUT2D eigenvalue weighted by Crippen LogP contribution is 2.25. The lowest BCUT2D eigenvalue weighted by molar-refractivity contribution is 0.0240. The Bertz CT molecular complexity index is 1040. The fourth-order valence-electron chi connectivity index (χ4n) is 3.26. The molecule has 1 fully saturated rings. The number of hydrogen-bond acceptors (Lipinski definition) is 7. The first-order valence-corrected chi connectivity index (χ1v) is 10.1. The minimum Gasteiger partial charge on any atom is -0.444 e. The first-order valence-electron chi connectivity index (χ1n) is 9.75. The molecular formula is C20H24ClN7O2. The number of aromatic nitrogens is 4. The highest BCUT2D eigenvalue weighted by molar-refractivity contribution is 6.28. The molecule has 10 heteroatoms. The minimum atomic E-state index is -0.479. The molecule has 0 spiro atoms. The molecule has 0 unspecified atom stereocenters. The van der Waals surface area contributed by atoms with E-state index >= 15 is 0 Å². The van der Waals surface area contributed by atoms with E-state index in [1.165, 1.54) is 0 Å². The number of nitrogens with one attached hydrogen (secondary N) is 2. The lowest BCUT2D eigenvalue weighted by atomic mass is 10.2. The Balaban J connectivity index is 1.39. The van der Waals surface area contributed by atoms with Crippen LogP contribution in [0.25, 0.3) is 11.2 Å². The van der Waals surface area contributed by atoms with Gasteiger partial charge in [0.15, 0.2) is 11.5 Å². The normalized spacial score (nSPS) is 14.8. The van der Waals surface area contributed by atoms with Crippen molar-refractivity contribution >= 4 is 46.1 Å². The molecule has 0 saturated carbocycles. The standard InChI is InChI=1S/C20H24ClN7O2/c1-20(2,3)30-19(29)28-10-8-27(9-11-28)14-6-4-13(5-7-14)24-17-15-16(23-12-22-15)25-18(21)26-17/h4-7,12H,8-11H2,1-3H3,(H2,22,23,24,25,26). The van der Waals surface area contributed by atoms with Crippen molar-refractivity contribution in [2.24, 2.45) is 0 Å². The van der Waals surface area contributed by atoms with Gasteiger partial charge in [0.05, 0.1) is 6.33 Å². The summed E-state index contributed by atoms with van der Waals surface area (Å²) in [4.78, 5) is 31.7. The zero-order valence-corrected chi connectivity index (χ0v) is 17.9. The summed E-state index contributed by atoms with van der Waals surface area (Å²) in [5.74, 6) is 0.571. The number of piperazine rings is 1. The second-order valence-corrected chi connectivity index (χ2v) is 8.41. The van der Waals surface area contributed by atoms with E-state index in [-0.39, 0.29) is 11.4 Å². The molecule has 1 aliphatic rings. The van der Waals surface area contributed by atoms with E-state index in [9.17, 15) is 4.79 Å². The van der Waals surface area contributed by atoms with Gasteiger partial charge in [-0.15, -0.1) is 0 Å². The van der Waals surface area contributed by atoms with Crippen molar-refractivity contribution in [1.82, 2.24) is 24.8 Å². The predicted molar refractivity (Wildman–Crippen MR) is 116 cm³/mol. The van der Waals surface area contributed by atoms with Gasteiger partial charge >= 0.3 is 6.09 Å². The molecule has 0 atom stereocenters. The van der Waals surface area contributed by atoms with Gasteiger partial charge in [-0.2, -0.15) is 9.97 Å². The monoisotopic (exact) mass is 429 g/mol. The molecule has 1 aliphatic heterocycles. The van der Waals surface area contributed by atoms with Crippen LogP contribution < -0.4 is 10.2 Å². The Morgan fingerprint density at radius 3 is 2.50 bits per heavy atom. The number of halogens is 1. The molecule has 4 rings (SSSR count). The van der Waals surface area contributed by atoms with Crippen LogP contribution in [0.5, 0.6) is 0 Å². The van der Waals surface area contributed by atoms with Crippen molar-refractivity contribution in [3.63, 3.8) is 0 Å². The Morgan fingerprint density at radius 2 is 1.83 bits per heavy atom. The molecule has 0 radical (unpaired) electrons. The topological polar surface area (TPSA) is 99.3 Å². The summed E-state index contributed by atoms with van der Waals surface area (Å²) in [6, 6.07) is 8.04. The number of aromatic amines is 1. The number of fused-ring (bicyclic) bond motifs is 1. The fraction of sp³-hybridized carbons (Fsp3) is 0.400. The molecule has 9 nitrogen and oxygen atoms in total. The third kappa shape index (κ3) is 4.56. The van der Waals surface area contributed by atoms with Gasteiger partial charge in [-0.1, -0.05) is 0 Å². The van der Waals surface area contributed by atoms with Crippen molar-refractivity contribution in [3.8, 4) is 0 Å². The van der Waals surface area contributed by atoms with E-state index in [0.717, 1.165) is 24.5 Å². The summed E-state index contributed by atoms with van der Waals surface area (Å²) < 4.78 is 5.46. The van der Waals surface area contributed by atoms with Crippen LogP contribution in [0, 0.1) is 0 Å². The largest absolute Gasteiger partial charge is 0.444 e. The molecule has 1 amide bonds. The predicted octanol–water partition coefficient (Wildman–Crippen LogP) is 3.81. The van der Waals surface area contributed by atoms with E-state index < -0.39 is 5.60 Å². The minimum absolute atomic E-state index is 0.136. The highest BCUT2D eigenvalue weighted by atomic mass is 35.5. The Kier molecular flexibility index (Phi) is 5.38. The number of carbonyl (C=O) groups is 1. The van der Waals surface area contributed by atoms with Gasteiger partial charge in [0, 0.05) is 37.6 Å². The molecule has 158 valence electrons. The number of amides is 1. The van der Waals surface area contributed by atoms with Gasteiger partial charge in [-0.3, -0.25) is 0 Å². The van der Waals surface area contributed by atoms with E-state index in [4.69, 9.17) is 16.3 Å². The average Bonchev–Trinajstić information content (AvgIpc) is 3.16. The Morgan fingerprint density at radius 1 is 1.13 bits per heavy atom. The molecule has 3 heterocycles. The zero-order valence-electron chi connectivity index (χ0n) is 17.1. The molecule has 0 aliphatic carbocycles. The molecule has 30 heavy (non-hydrogen) atoms. The number of rotatable bonds is 3. The molecular weight excluding hydrogens is 406 g/mol. The summed E-state index contributed by atoms with van der Waals surface area (Å²) in [6.45, 7) is 8.40. The Labute approximate surface area is 179 Å². The number of ether oxygens (including phenoxy) is 1. The van der Waals surface area contributed by atoms with E-state index in [2.05, 4.69) is 30.2 Å². The quantitative estimate of drug-likeness (QED) is 0.610. The molecule has 0 bridgehead atoms. The summed E-state index contributed by atoms with van der Waals surface area (Å²) in [5, 5.41) is 3.39. The van der Waals surface area contributed by atoms with Crippen LogP contribution in [0.15, 0.2) is 30.6 Å². The van der Waals surface area contributed by atoms with Crippen molar-refractivity contribution in [2.75, 3.05) is 36.4 Å². The number of hydrogen-bond donors (Lipinski definition) is 2. The Hall–Kier alpha value is -3.07. The molecule has 1 saturated heterocycles. The van der Waals surface area contributed by atoms with E-state index in [1.807, 2.05) is 45.0 Å². The van der Waals surface area contributed by atoms with Crippen molar-refractivity contribution < 1.29 is 9.53 Å². The van der Waals surface area contributed by atoms with Gasteiger partial charge in [0.25, 0.3) is 0 Å². The molecule has 3 aromatic rings. The van der Waals surface area contributed by atoms with Gasteiger partial charge in [0.1, 0.15) is 11.1 Å². The highest BCUT2D eigenvalue weighted by Gasteiger charge is 2.25. The van der Waals surface area contributed by atoms with Crippen molar-refractivity contribution in [1.29, 1.82) is 0 Å². The van der Waals surface area contributed by atoms with Crippen LogP contribution >= 0.6 is 11.6 Å². The third-order valence-corrected chi connectivity index (χ3v) is 4.85. The molecule has 2 aromatic heterocycles. The number of imidazole rings is 1. The number of anilines is 3. The summed E-state index contributed by atoms with van der Waals surface area (Å²) in [6.07, 6.45) is 1.30. The average molecular weight is 430 g/mol. The van der Waals surface area contributed by atoms with E-state index in [0.29, 0.717) is 30.1 Å². The van der Waals surface area contributed by atoms with Crippen LogP contribution in [0.3, 0.4) is 0 Å². The van der Waals surface area contributed by atoms with Gasteiger partial charge in [-0.05, 0) is 56.6 Å². The van der Waals surface area contributed by atoms with Crippen LogP contribution in [0.4, 0.5) is 22.0 Å². The second kappa shape index (κ2) is 7.98. The molecule has 2 N–H and O–H groups in total. The number of carbonyl (C=O) groups excluding carboxylic acids is 1. The number of nitrogens with zero attached hydrogens (tertiary/aromatic N) is 5. The van der Waals surface area contributed by atoms with Gasteiger partial charge < -0.3 is 24.8 Å². The van der Waals surface area contributed by atoms with Crippen LogP contribution in [-0.4, -0.2) is 62.7 Å². The second-order valence-electron chi connectivity index (χ2n) is 8.07.